The Labute approximate surface area is 261 Å². The first-order valence-electron chi connectivity index (χ1n) is 14.3. The summed E-state index contributed by atoms with van der Waals surface area (Å²) in [6.45, 7) is 14.7. The fraction of sp³-hybridized carbons (Fsp3) is 0.515. The van der Waals surface area contributed by atoms with Gasteiger partial charge in [0.05, 0.1) is 12.1 Å². The summed E-state index contributed by atoms with van der Waals surface area (Å²) in [5, 5.41) is 39.2. The van der Waals surface area contributed by atoms with E-state index in [1.54, 1.807) is 0 Å². The standard InChI is InChI=1S/C29H40N2O2.2C2H4O2.Co/c1-7-20-12-22(18(3)4)14-24(28(20)32)16-30-26-10-9-11-27(26)31-17-25-15-23(19(5)6)13-21(8-2)29(25)33;2*1-2(3)4;/h12-19,26-27,32-33H,7-11H2,1-6H3;2*1H3,(H,3,4);/q;;;+2/p-2. The summed E-state index contributed by atoms with van der Waals surface area (Å²) in [5.74, 6) is -0.694. The average molecular weight is 626 g/mol. The second-order valence-corrected chi connectivity index (χ2v) is 10.9. The van der Waals surface area contributed by atoms with Crippen LogP contribution >= 0.6 is 0 Å². The number of nitrogens with zero attached hydrogens (tertiary/aromatic N) is 2. The smallest absolute Gasteiger partial charge is 0.550 e. The molecule has 1 aliphatic rings. The minimum absolute atomic E-state index is 0. The summed E-state index contributed by atoms with van der Waals surface area (Å²) in [6, 6.07) is 8.49. The Morgan fingerprint density at radius 3 is 1.36 bits per heavy atom. The van der Waals surface area contributed by atoms with Crippen LogP contribution in [0.5, 0.6) is 11.5 Å². The van der Waals surface area contributed by atoms with E-state index in [4.69, 9.17) is 29.8 Å². The monoisotopic (exact) mass is 625 g/mol. The molecule has 0 aromatic heterocycles. The largest absolute Gasteiger partial charge is 2.00 e. The maximum Gasteiger partial charge on any atom is 2.00 e. The molecule has 0 saturated heterocycles. The van der Waals surface area contributed by atoms with Crippen LogP contribution in [-0.4, -0.2) is 46.7 Å². The Hall–Kier alpha value is -3.17. The summed E-state index contributed by atoms with van der Waals surface area (Å²) in [4.78, 5) is 27.5. The van der Waals surface area contributed by atoms with Gasteiger partial charge in [-0.2, -0.15) is 0 Å². The van der Waals surface area contributed by atoms with Crippen molar-refractivity contribution in [2.75, 3.05) is 0 Å². The molecule has 2 aromatic rings. The van der Waals surface area contributed by atoms with Crippen molar-refractivity contribution < 1.29 is 46.8 Å². The Kier molecular flexibility index (Phi) is 17.7. The van der Waals surface area contributed by atoms with E-state index >= 15 is 0 Å². The maximum atomic E-state index is 10.7. The number of aromatic hydroxyl groups is 2. The van der Waals surface area contributed by atoms with Gasteiger partial charge >= 0.3 is 16.8 Å². The van der Waals surface area contributed by atoms with Crippen molar-refractivity contribution in [3.63, 3.8) is 0 Å². The molecule has 42 heavy (non-hydrogen) atoms. The number of rotatable bonds is 8. The van der Waals surface area contributed by atoms with Crippen LogP contribution in [0.2, 0.25) is 0 Å². The quantitative estimate of drug-likeness (QED) is 0.415. The number of aliphatic carboxylic acids is 2. The first-order valence-corrected chi connectivity index (χ1v) is 14.3. The van der Waals surface area contributed by atoms with Gasteiger partial charge in [-0.05, 0) is 92.2 Å². The molecule has 3 rings (SSSR count). The number of aryl methyl sites for hydroxylation is 2. The van der Waals surface area contributed by atoms with E-state index in [1.807, 2.05) is 12.4 Å². The molecule has 2 atom stereocenters. The van der Waals surface area contributed by atoms with E-state index < -0.39 is 11.9 Å². The number of phenols is 2. The van der Waals surface area contributed by atoms with Crippen molar-refractivity contribution in [3.8, 4) is 11.5 Å². The number of carbonyl (C=O) groups is 2. The van der Waals surface area contributed by atoms with E-state index in [0.717, 1.165) is 68.2 Å². The Bertz CT molecular complexity index is 1120. The summed E-state index contributed by atoms with van der Waals surface area (Å²) < 4.78 is 0. The number of carboxylic acid groups (broad SMARTS) is 2. The van der Waals surface area contributed by atoms with Gasteiger partial charge in [-0.15, -0.1) is 0 Å². The molecule has 0 amide bonds. The molecule has 0 bridgehead atoms. The molecule has 0 spiro atoms. The molecule has 233 valence electrons. The van der Waals surface area contributed by atoms with Crippen molar-refractivity contribution in [1.82, 2.24) is 0 Å². The minimum atomic E-state index is -1.08. The fourth-order valence-corrected chi connectivity index (χ4v) is 4.51. The number of phenolic OH excluding ortho intramolecular Hbond substituents is 2. The fourth-order valence-electron chi connectivity index (χ4n) is 4.51. The van der Waals surface area contributed by atoms with Gasteiger partial charge in [0.1, 0.15) is 11.5 Å². The molecule has 2 N–H and O–H groups in total. The van der Waals surface area contributed by atoms with Crippen molar-refractivity contribution in [1.29, 1.82) is 0 Å². The number of hydrogen-bond acceptors (Lipinski definition) is 8. The molecular formula is C33H46CoN2O6. The zero-order valence-electron chi connectivity index (χ0n) is 26.1. The van der Waals surface area contributed by atoms with Gasteiger partial charge in [0.15, 0.2) is 0 Å². The van der Waals surface area contributed by atoms with Gasteiger partial charge in [0.2, 0.25) is 0 Å². The Morgan fingerprint density at radius 2 is 1.10 bits per heavy atom. The third-order valence-electron chi connectivity index (χ3n) is 6.83. The molecule has 1 radical (unpaired) electrons. The van der Waals surface area contributed by atoms with Crippen molar-refractivity contribution in [3.05, 3.63) is 57.6 Å². The summed E-state index contributed by atoms with van der Waals surface area (Å²) >= 11 is 0. The van der Waals surface area contributed by atoms with Crippen LogP contribution in [0.3, 0.4) is 0 Å². The molecule has 8 nitrogen and oxygen atoms in total. The molecule has 0 aliphatic heterocycles. The third kappa shape index (κ3) is 12.8. The van der Waals surface area contributed by atoms with E-state index in [9.17, 15) is 10.2 Å². The second kappa shape index (κ2) is 19.1. The molecule has 1 aliphatic carbocycles. The molecule has 2 unspecified atom stereocenters. The van der Waals surface area contributed by atoms with Gasteiger partial charge in [-0.1, -0.05) is 53.7 Å². The number of aliphatic imine (C=N–C) groups is 2. The van der Waals surface area contributed by atoms with E-state index in [2.05, 4.69) is 65.8 Å². The first-order chi connectivity index (χ1) is 19.2. The molecule has 0 heterocycles. The zero-order valence-corrected chi connectivity index (χ0v) is 27.1. The van der Waals surface area contributed by atoms with Gasteiger partial charge in [0.25, 0.3) is 0 Å². The van der Waals surface area contributed by atoms with Crippen LogP contribution in [0.15, 0.2) is 34.3 Å². The summed E-state index contributed by atoms with van der Waals surface area (Å²) in [6.07, 6.45) is 8.32. The van der Waals surface area contributed by atoms with Gasteiger partial charge in [-0.25, -0.2) is 0 Å². The van der Waals surface area contributed by atoms with Gasteiger partial charge in [-0.3, -0.25) is 9.98 Å². The predicted molar refractivity (Wildman–Crippen MR) is 161 cm³/mol. The van der Waals surface area contributed by atoms with Crippen LogP contribution in [0.1, 0.15) is 120 Å². The second-order valence-electron chi connectivity index (χ2n) is 10.9. The van der Waals surface area contributed by atoms with Crippen LogP contribution in [0, 0.1) is 0 Å². The van der Waals surface area contributed by atoms with Gasteiger partial charge < -0.3 is 30.0 Å². The third-order valence-corrected chi connectivity index (χ3v) is 6.83. The van der Waals surface area contributed by atoms with Crippen LogP contribution in [-0.2, 0) is 39.2 Å². The van der Waals surface area contributed by atoms with Crippen molar-refractivity contribution >= 4 is 24.4 Å². The number of carboxylic acids is 2. The number of benzene rings is 2. The Morgan fingerprint density at radius 1 is 0.786 bits per heavy atom. The van der Waals surface area contributed by atoms with E-state index in [1.165, 1.54) is 11.1 Å². The number of hydrogen-bond donors (Lipinski definition) is 2. The number of carbonyl (C=O) groups excluding carboxylic acids is 2. The molecule has 1 fully saturated rings. The SMILES string of the molecule is CC(=O)[O-].CC(=O)[O-].CCc1cc(C(C)C)cc(C=NC2CCCC2N=Cc2cc(C(C)C)cc(CC)c2O)c1O.[Co+2]. The molecule has 1 saturated carbocycles. The van der Waals surface area contributed by atoms with Crippen LogP contribution in [0.25, 0.3) is 0 Å². The normalized spacial score (nSPS) is 16.1. The molecule has 9 heteroatoms. The van der Waals surface area contributed by atoms with Crippen LogP contribution in [0.4, 0.5) is 0 Å². The summed E-state index contributed by atoms with van der Waals surface area (Å²) in [7, 11) is 0. The van der Waals surface area contributed by atoms with Gasteiger partial charge in [0, 0.05) is 35.5 Å². The molecular weight excluding hydrogens is 579 g/mol. The van der Waals surface area contributed by atoms with E-state index in [-0.39, 0.29) is 28.9 Å². The molecule has 2 aromatic carbocycles. The van der Waals surface area contributed by atoms with Crippen molar-refractivity contribution in [2.24, 2.45) is 9.98 Å². The predicted octanol–water partition coefficient (Wildman–Crippen LogP) is 4.44. The van der Waals surface area contributed by atoms with E-state index in [0.29, 0.717) is 23.3 Å². The van der Waals surface area contributed by atoms with Crippen LogP contribution < -0.4 is 10.2 Å². The maximum absolute atomic E-state index is 10.7. The average Bonchev–Trinajstić information content (AvgIpc) is 3.33. The minimum Gasteiger partial charge on any atom is -0.550 e. The first kappa shape index (κ1) is 38.8. The van der Waals surface area contributed by atoms with Crippen molar-refractivity contribution in [2.45, 2.75) is 111 Å². The Balaban J connectivity index is 0.00000166. The zero-order chi connectivity index (χ0) is 31.3. The topological polar surface area (TPSA) is 145 Å². The summed E-state index contributed by atoms with van der Waals surface area (Å²) in [5.41, 5.74) is 5.97.